The molecule has 4 nitrogen and oxygen atoms in total. The third-order valence-electron chi connectivity index (χ3n) is 13.3. The first-order valence-electron chi connectivity index (χ1n) is 25.0. The number of para-hydroxylation sites is 1. The zero-order valence-corrected chi connectivity index (χ0v) is 44.0. The molecule has 9 rings (SSSR count). The summed E-state index contributed by atoms with van der Waals surface area (Å²) in [5.74, 6) is -0.531. The van der Waals surface area contributed by atoms with E-state index in [1.54, 1.807) is 0 Å². The average Bonchev–Trinajstić information content (AvgIpc) is 3.73. The van der Waals surface area contributed by atoms with Gasteiger partial charge in [-0.25, -0.2) is 4.98 Å². The van der Waals surface area contributed by atoms with Crippen molar-refractivity contribution in [3.05, 3.63) is 192 Å². The van der Waals surface area contributed by atoms with Crippen LogP contribution in [0.4, 0.5) is 0 Å². The molecular weight excluding hydrogens is 1020 g/mol. The monoisotopic (exact) mass is 1090 g/mol. The number of benzene rings is 7. The fourth-order valence-corrected chi connectivity index (χ4v) is 9.48. The second-order valence-electron chi connectivity index (χ2n) is 20.4. The van der Waals surface area contributed by atoms with Gasteiger partial charge in [0.15, 0.2) is 0 Å². The SMILES string of the molecule is [2H]C(C)(C)c1ccc(-c2ccnc(-c3[c-]c(-c4cccc5c4nc(-c4cc(C(C)C)cc(C(C)C)c4O)n5-c4ccc(-c5ccccc5C(C)(C)C)c(C([2H])(C)C)c4)cc(-c4ccccc4)c3)c2)cc1.[Pt]. The summed E-state index contributed by atoms with van der Waals surface area (Å²) >= 11 is 0. The van der Waals surface area contributed by atoms with Crippen LogP contribution in [0.25, 0.3) is 83.9 Å². The Labute approximate surface area is 427 Å². The van der Waals surface area contributed by atoms with Crippen molar-refractivity contribution in [1.29, 1.82) is 0 Å². The Kier molecular flexibility index (Phi) is 13.4. The van der Waals surface area contributed by atoms with Crippen molar-refractivity contribution in [2.45, 2.75) is 105 Å². The van der Waals surface area contributed by atoms with Gasteiger partial charge in [0.1, 0.15) is 11.6 Å². The van der Waals surface area contributed by atoms with Crippen molar-refractivity contribution in [1.82, 2.24) is 14.5 Å². The topological polar surface area (TPSA) is 50.9 Å². The molecule has 352 valence electrons. The van der Waals surface area contributed by atoms with Crippen LogP contribution >= 0.6 is 0 Å². The van der Waals surface area contributed by atoms with Gasteiger partial charge in [0.2, 0.25) is 0 Å². The normalized spacial score (nSPS) is 12.6. The molecule has 0 radical (unpaired) electrons. The van der Waals surface area contributed by atoms with E-state index in [2.05, 4.69) is 186 Å². The number of fused-ring (bicyclic) bond motifs is 1. The average molecular weight is 1090 g/mol. The molecule has 0 amide bonds. The predicted molar refractivity (Wildman–Crippen MR) is 287 cm³/mol. The van der Waals surface area contributed by atoms with Crippen LogP contribution < -0.4 is 0 Å². The van der Waals surface area contributed by atoms with Crippen LogP contribution in [0, 0.1) is 6.07 Å². The summed E-state index contributed by atoms with van der Waals surface area (Å²) in [4.78, 5) is 10.5. The number of pyridine rings is 1. The smallest absolute Gasteiger partial charge is 0.148 e. The maximum Gasteiger partial charge on any atom is 0.148 e. The number of aromatic hydroxyl groups is 1. The number of phenols is 1. The van der Waals surface area contributed by atoms with Crippen LogP contribution in [0.2, 0.25) is 0 Å². The molecule has 0 aliphatic carbocycles. The molecule has 2 heterocycles. The summed E-state index contributed by atoms with van der Waals surface area (Å²) in [5.41, 5.74) is 17.8. The van der Waals surface area contributed by atoms with Gasteiger partial charge < -0.3 is 5.11 Å². The number of hydrogen-bond acceptors (Lipinski definition) is 3. The summed E-state index contributed by atoms with van der Waals surface area (Å²) in [6, 6.07) is 56.5. The zero-order valence-electron chi connectivity index (χ0n) is 43.8. The predicted octanol–water partition coefficient (Wildman–Crippen LogP) is 17.7. The molecule has 0 bridgehead atoms. The molecule has 0 aliphatic heterocycles. The Balaban J connectivity index is 0.00000676. The fraction of sp³-hybridized carbons (Fsp3) is 0.250. The van der Waals surface area contributed by atoms with E-state index in [9.17, 15) is 6.48 Å². The van der Waals surface area contributed by atoms with Crippen molar-refractivity contribution >= 4 is 11.0 Å². The largest absolute Gasteiger partial charge is 0.507 e. The van der Waals surface area contributed by atoms with E-state index in [0.29, 0.717) is 11.4 Å². The third kappa shape index (κ3) is 9.79. The fourth-order valence-electron chi connectivity index (χ4n) is 9.48. The van der Waals surface area contributed by atoms with Crippen LogP contribution in [0.3, 0.4) is 0 Å². The quantitative estimate of drug-likeness (QED) is 0.131. The first-order chi connectivity index (χ1) is 33.2. The number of aromatic nitrogens is 3. The van der Waals surface area contributed by atoms with E-state index < -0.39 is 11.8 Å². The first-order valence-corrected chi connectivity index (χ1v) is 24.0. The molecule has 7 aromatic carbocycles. The molecule has 2 aromatic heterocycles. The standard InChI is InChI=1S/C64H64N3O.Pt/c1-39(2)43-24-26-45(27-25-43)46-30-31-65-59(37-46)50-33-48(44-18-13-12-14-19-44)32-49(34-50)52-21-17-23-60-61(52)66-63(57-36-47(40(3)4)35-56(42(7)8)62(57)68)67(60)51-28-29-53(55(38-51)41(5)6)54-20-15-16-22-58(54)64(9,10)11;/h12-33,35-42,68H,1-11H3;/q-1;/i39D,41D;. The van der Waals surface area contributed by atoms with Gasteiger partial charge in [-0.2, -0.15) is 0 Å². The molecule has 0 fully saturated rings. The molecule has 0 saturated heterocycles. The van der Waals surface area contributed by atoms with E-state index >= 15 is 0 Å². The minimum Gasteiger partial charge on any atom is -0.507 e. The summed E-state index contributed by atoms with van der Waals surface area (Å²) < 4.78 is 20.3. The van der Waals surface area contributed by atoms with E-state index in [0.717, 1.165) is 94.7 Å². The molecule has 69 heavy (non-hydrogen) atoms. The van der Waals surface area contributed by atoms with Crippen molar-refractivity contribution in [2.24, 2.45) is 0 Å². The molecule has 0 spiro atoms. The Bertz CT molecular complexity index is 3390. The summed E-state index contributed by atoms with van der Waals surface area (Å²) in [6.07, 6.45) is 1.85. The van der Waals surface area contributed by atoms with Gasteiger partial charge in [-0.3, -0.25) is 9.55 Å². The van der Waals surface area contributed by atoms with Gasteiger partial charge in [0.05, 0.1) is 16.6 Å². The minimum absolute atomic E-state index is 0. The van der Waals surface area contributed by atoms with Crippen LogP contribution in [0.15, 0.2) is 158 Å². The summed E-state index contributed by atoms with van der Waals surface area (Å²) in [7, 11) is 0. The molecule has 0 atom stereocenters. The van der Waals surface area contributed by atoms with Gasteiger partial charge in [-0.1, -0.05) is 202 Å². The van der Waals surface area contributed by atoms with Gasteiger partial charge in [0, 0.05) is 41.4 Å². The van der Waals surface area contributed by atoms with E-state index in [4.69, 9.17) is 11.3 Å². The van der Waals surface area contributed by atoms with Gasteiger partial charge in [0.25, 0.3) is 0 Å². The summed E-state index contributed by atoms with van der Waals surface area (Å²) in [6.45, 7) is 23.1. The second-order valence-corrected chi connectivity index (χ2v) is 20.4. The van der Waals surface area contributed by atoms with Crippen molar-refractivity contribution in [3.63, 3.8) is 0 Å². The molecule has 0 aliphatic rings. The molecule has 1 N–H and O–H groups in total. The van der Waals surface area contributed by atoms with Crippen LogP contribution in [-0.2, 0) is 26.5 Å². The Hall–Kier alpha value is -6.35. The van der Waals surface area contributed by atoms with Crippen molar-refractivity contribution in [3.8, 4) is 78.6 Å². The van der Waals surface area contributed by atoms with Gasteiger partial charge in [-0.05, 0) is 115 Å². The number of nitrogens with zero attached hydrogens (tertiary/aromatic N) is 3. The molecular formula is C64H64N3OPt-. The Morgan fingerprint density at radius 1 is 0.551 bits per heavy atom. The summed E-state index contributed by atoms with van der Waals surface area (Å²) in [5, 5.41) is 12.4. The second kappa shape index (κ2) is 19.9. The van der Waals surface area contributed by atoms with Crippen LogP contribution in [-0.4, -0.2) is 19.6 Å². The molecule has 0 saturated carbocycles. The van der Waals surface area contributed by atoms with Crippen LogP contribution in [0.5, 0.6) is 5.75 Å². The number of phenolic OH excluding ortho intramolecular Hbond substituents is 1. The first kappa shape index (κ1) is 46.4. The Morgan fingerprint density at radius 2 is 1.23 bits per heavy atom. The van der Waals surface area contributed by atoms with E-state index in [1.807, 2.05) is 58.2 Å². The van der Waals surface area contributed by atoms with Crippen molar-refractivity contribution in [2.75, 3.05) is 0 Å². The number of hydrogen-bond donors (Lipinski definition) is 1. The zero-order chi connectivity index (χ0) is 49.9. The maximum absolute atomic E-state index is 12.4. The van der Waals surface area contributed by atoms with Crippen LogP contribution in [0.1, 0.15) is 130 Å². The van der Waals surface area contributed by atoms with Crippen molar-refractivity contribution < 1.29 is 28.9 Å². The van der Waals surface area contributed by atoms with E-state index in [1.165, 1.54) is 5.56 Å². The number of rotatable bonds is 11. The maximum atomic E-state index is 12.4. The third-order valence-corrected chi connectivity index (χ3v) is 13.3. The Morgan fingerprint density at radius 3 is 1.91 bits per heavy atom. The molecule has 0 unspecified atom stereocenters. The van der Waals surface area contributed by atoms with E-state index in [-0.39, 0.29) is 44.1 Å². The van der Waals surface area contributed by atoms with Gasteiger partial charge in [-0.15, -0.1) is 23.8 Å². The number of imidazole rings is 1. The molecule has 9 aromatic rings. The van der Waals surface area contributed by atoms with Gasteiger partial charge >= 0.3 is 0 Å². The minimum atomic E-state index is -0.959. The molecule has 5 heteroatoms.